The Morgan fingerprint density at radius 3 is 2.59 bits per heavy atom. The minimum Gasteiger partial charge on any atom is -0.366 e. The van der Waals surface area contributed by atoms with E-state index in [2.05, 4.69) is 39.4 Å². The lowest BCUT2D eigenvalue weighted by Crippen LogP contribution is -2.33. The molecule has 0 radical (unpaired) electrons. The van der Waals surface area contributed by atoms with Crippen molar-refractivity contribution in [1.82, 2.24) is 24.6 Å². The van der Waals surface area contributed by atoms with Gasteiger partial charge in [-0.2, -0.15) is 0 Å². The van der Waals surface area contributed by atoms with Crippen LogP contribution in [0.4, 0.5) is 11.8 Å². The maximum Gasteiger partial charge on any atom is 0.222 e. The summed E-state index contributed by atoms with van der Waals surface area (Å²) in [5, 5.41) is 11.6. The summed E-state index contributed by atoms with van der Waals surface area (Å²) in [5.74, 6) is 1.50. The highest BCUT2D eigenvalue weighted by Gasteiger charge is 2.19. The molecule has 0 saturated heterocycles. The fourth-order valence-corrected chi connectivity index (χ4v) is 3.88. The van der Waals surface area contributed by atoms with Gasteiger partial charge in [-0.3, -0.25) is 0 Å². The van der Waals surface area contributed by atoms with Crippen molar-refractivity contribution in [1.29, 1.82) is 0 Å². The number of imidazole rings is 1. The Hall–Kier alpha value is -2.74. The number of nitrogens with zero attached hydrogens (tertiary/aromatic N) is 5. The van der Waals surface area contributed by atoms with Gasteiger partial charge in [-0.15, -0.1) is 5.10 Å². The average molecular weight is 395 g/mol. The molecule has 154 valence electrons. The molecule has 0 spiro atoms. The Kier molecular flexibility index (Phi) is 5.89. The third-order valence-corrected chi connectivity index (χ3v) is 5.53. The highest BCUT2D eigenvalue weighted by Crippen LogP contribution is 2.23. The van der Waals surface area contributed by atoms with Gasteiger partial charge in [-0.25, -0.2) is 19.5 Å². The number of aromatic nitrogens is 5. The number of nitrogens with two attached hydrogens (primary N) is 1. The number of anilines is 2. The third kappa shape index (κ3) is 4.64. The molecule has 0 aromatic carbocycles. The van der Waals surface area contributed by atoms with Crippen LogP contribution in [0.25, 0.3) is 16.9 Å². The van der Waals surface area contributed by atoms with Crippen LogP contribution in [-0.2, 0) is 0 Å². The van der Waals surface area contributed by atoms with Gasteiger partial charge in [0.15, 0.2) is 5.65 Å². The molecule has 3 heterocycles. The first-order valence-corrected chi connectivity index (χ1v) is 10.6. The van der Waals surface area contributed by atoms with Gasteiger partial charge in [0.05, 0.1) is 11.9 Å². The van der Waals surface area contributed by atoms with Crippen LogP contribution in [0.1, 0.15) is 52.4 Å². The number of nitrogens with one attached hydrogen (secondary N) is 2. The first kappa shape index (κ1) is 19.6. The molecule has 29 heavy (non-hydrogen) atoms. The Labute approximate surface area is 171 Å². The van der Waals surface area contributed by atoms with Gasteiger partial charge < -0.3 is 16.4 Å². The molecule has 0 amide bonds. The molecular weight excluding hydrogens is 364 g/mol. The quantitative estimate of drug-likeness (QED) is 0.563. The van der Waals surface area contributed by atoms with E-state index < -0.39 is 0 Å². The van der Waals surface area contributed by atoms with E-state index in [1.807, 2.05) is 35.2 Å². The molecule has 3 aromatic heterocycles. The Morgan fingerprint density at radius 2 is 1.86 bits per heavy atom. The van der Waals surface area contributed by atoms with Crippen molar-refractivity contribution in [3.8, 4) is 11.3 Å². The van der Waals surface area contributed by atoms with Crippen LogP contribution in [0.5, 0.6) is 0 Å². The summed E-state index contributed by atoms with van der Waals surface area (Å²) in [6, 6.07) is 5.08. The minimum atomic E-state index is 0.339. The van der Waals surface area contributed by atoms with E-state index in [4.69, 9.17) is 10.8 Å². The highest BCUT2D eigenvalue weighted by molar-refractivity contribution is 5.62. The summed E-state index contributed by atoms with van der Waals surface area (Å²) in [7, 11) is 0. The van der Waals surface area contributed by atoms with Crippen molar-refractivity contribution in [3.63, 3.8) is 0 Å². The summed E-state index contributed by atoms with van der Waals surface area (Å²) in [4.78, 5) is 13.4. The zero-order valence-corrected chi connectivity index (χ0v) is 17.2. The number of fused-ring (bicyclic) bond motifs is 1. The summed E-state index contributed by atoms with van der Waals surface area (Å²) in [6.07, 6.45) is 12.0. The van der Waals surface area contributed by atoms with Crippen molar-refractivity contribution in [2.24, 2.45) is 5.73 Å². The van der Waals surface area contributed by atoms with E-state index in [9.17, 15) is 0 Å². The zero-order chi connectivity index (χ0) is 20.2. The first-order valence-electron chi connectivity index (χ1n) is 10.6. The normalized spacial score (nSPS) is 20.5. The lowest BCUT2D eigenvalue weighted by Gasteiger charge is -2.27. The van der Waals surface area contributed by atoms with Gasteiger partial charge in [0, 0.05) is 36.1 Å². The molecule has 1 aliphatic carbocycles. The van der Waals surface area contributed by atoms with Crippen LogP contribution in [-0.4, -0.2) is 42.7 Å². The van der Waals surface area contributed by atoms with Crippen LogP contribution < -0.4 is 16.4 Å². The fourth-order valence-electron chi connectivity index (χ4n) is 3.88. The van der Waals surface area contributed by atoms with E-state index in [1.54, 1.807) is 0 Å². The van der Waals surface area contributed by atoms with E-state index in [0.29, 0.717) is 24.1 Å². The van der Waals surface area contributed by atoms with Crippen LogP contribution >= 0.6 is 0 Å². The van der Waals surface area contributed by atoms with Crippen molar-refractivity contribution in [2.45, 2.75) is 70.5 Å². The molecule has 4 N–H and O–H groups in total. The molecular formula is C21H30N8. The van der Waals surface area contributed by atoms with Crippen molar-refractivity contribution in [3.05, 3.63) is 30.7 Å². The van der Waals surface area contributed by atoms with Gasteiger partial charge in [0.1, 0.15) is 5.82 Å². The molecule has 0 aliphatic heterocycles. The van der Waals surface area contributed by atoms with Crippen LogP contribution in [0, 0.1) is 0 Å². The second-order valence-corrected chi connectivity index (χ2v) is 8.02. The summed E-state index contributed by atoms with van der Waals surface area (Å²) >= 11 is 0. The Balaban J connectivity index is 1.51. The van der Waals surface area contributed by atoms with Crippen molar-refractivity contribution < 1.29 is 0 Å². The SMILES string of the molecule is CCCC(C)Nc1ncc(-c2cnc3ccc(NC4CCC(N)CC4)nn23)cn1. The summed E-state index contributed by atoms with van der Waals surface area (Å²) in [6.45, 7) is 4.32. The molecule has 1 saturated carbocycles. The monoisotopic (exact) mass is 394 g/mol. The zero-order valence-electron chi connectivity index (χ0n) is 17.2. The second kappa shape index (κ2) is 8.73. The largest absolute Gasteiger partial charge is 0.366 e. The molecule has 8 nitrogen and oxygen atoms in total. The molecule has 8 heteroatoms. The van der Waals surface area contributed by atoms with Crippen LogP contribution in [0.15, 0.2) is 30.7 Å². The molecule has 3 aromatic rings. The van der Waals surface area contributed by atoms with Crippen LogP contribution in [0.2, 0.25) is 0 Å². The maximum absolute atomic E-state index is 6.02. The highest BCUT2D eigenvalue weighted by atomic mass is 15.3. The van der Waals surface area contributed by atoms with E-state index in [0.717, 1.165) is 61.2 Å². The van der Waals surface area contributed by atoms with Crippen molar-refractivity contribution >= 4 is 17.4 Å². The van der Waals surface area contributed by atoms with E-state index >= 15 is 0 Å². The van der Waals surface area contributed by atoms with Gasteiger partial charge in [0.2, 0.25) is 5.95 Å². The smallest absolute Gasteiger partial charge is 0.222 e. The first-order chi connectivity index (χ1) is 14.1. The molecule has 0 bridgehead atoms. The van der Waals surface area contributed by atoms with Gasteiger partial charge in [0.25, 0.3) is 0 Å². The topological polar surface area (TPSA) is 106 Å². The molecule has 1 atom stereocenters. The summed E-state index contributed by atoms with van der Waals surface area (Å²) < 4.78 is 1.85. The second-order valence-electron chi connectivity index (χ2n) is 8.02. The molecule has 1 fully saturated rings. The lowest BCUT2D eigenvalue weighted by molar-refractivity contribution is 0.410. The number of hydrogen-bond acceptors (Lipinski definition) is 7. The van der Waals surface area contributed by atoms with Crippen molar-refractivity contribution in [2.75, 3.05) is 10.6 Å². The van der Waals surface area contributed by atoms with Crippen LogP contribution in [0.3, 0.4) is 0 Å². The Bertz CT molecular complexity index is 928. The minimum absolute atomic E-state index is 0.339. The number of hydrogen-bond donors (Lipinski definition) is 3. The van der Waals surface area contributed by atoms with E-state index in [1.165, 1.54) is 0 Å². The summed E-state index contributed by atoms with van der Waals surface area (Å²) in [5.41, 5.74) is 8.58. The fraction of sp³-hybridized carbons (Fsp3) is 0.524. The predicted octanol–water partition coefficient (Wildman–Crippen LogP) is 3.47. The predicted molar refractivity (Wildman–Crippen MR) is 116 cm³/mol. The molecule has 1 aliphatic rings. The maximum atomic E-state index is 6.02. The van der Waals surface area contributed by atoms with Gasteiger partial charge >= 0.3 is 0 Å². The molecule has 1 unspecified atom stereocenters. The average Bonchev–Trinajstić information content (AvgIpc) is 3.14. The lowest BCUT2D eigenvalue weighted by atomic mass is 9.92. The number of rotatable bonds is 7. The Morgan fingerprint density at radius 1 is 1.10 bits per heavy atom. The molecule has 4 rings (SSSR count). The standard InChI is InChI=1S/C21H30N8/c1-3-4-14(2)26-21-24-11-15(12-25-21)18-13-23-20-10-9-19(28-29(18)20)27-17-7-5-16(22)6-8-17/h9-14,16-17H,3-8,22H2,1-2H3,(H,27,28)(H,24,25,26). The van der Waals surface area contributed by atoms with E-state index in [-0.39, 0.29) is 0 Å². The third-order valence-electron chi connectivity index (χ3n) is 5.53. The van der Waals surface area contributed by atoms with Gasteiger partial charge in [-0.05, 0) is 51.2 Å². The van der Waals surface area contributed by atoms with Gasteiger partial charge in [-0.1, -0.05) is 13.3 Å².